The van der Waals surface area contributed by atoms with Gasteiger partial charge in [0.15, 0.2) is 11.5 Å². The highest BCUT2D eigenvalue weighted by atomic mass is 32.2. The zero-order valence-corrected chi connectivity index (χ0v) is 16.5. The van der Waals surface area contributed by atoms with Gasteiger partial charge >= 0.3 is 5.69 Å². The van der Waals surface area contributed by atoms with E-state index in [1.165, 1.54) is 26.3 Å². The topological polar surface area (TPSA) is 99.0 Å². The van der Waals surface area contributed by atoms with Crippen LogP contribution in [0.1, 0.15) is 0 Å². The number of sulfonamides is 1. The van der Waals surface area contributed by atoms with Crippen molar-refractivity contribution in [3.63, 3.8) is 0 Å². The minimum atomic E-state index is -4.09. The maximum absolute atomic E-state index is 13.1. The number of nitrogens with zero attached hydrogens (tertiary/aromatic N) is 2. The molecule has 0 radical (unpaired) electrons. The Labute approximate surface area is 168 Å². The van der Waals surface area contributed by atoms with Crippen LogP contribution in [0.25, 0.3) is 0 Å². The van der Waals surface area contributed by atoms with Crippen LogP contribution in [-0.2, 0) is 10.0 Å². The number of ether oxygens (including phenoxy) is 2. The standard InChI is InChI=1S/C20H18N2O6S/c1-21(17-10-6-7-11-20(17)28-15-8-4-3-5-9-15)29(25,26)16-12-13-19(27-2)18(14-16)22(23)24/h3-14H,1-2H3. The third-order valence-electron chi connectivity index (χ3n) is 4.18. The van der Waals surface area contributed by atoms with E-state index in [0.29, 0.717) is 11.5 Å². The predicted octanol–water partition coefficient (Wildman–Crippen LogP) is 4.22. The van der Waals surface area contributed by atoms with Gasteiger partial charge in [-0.05, 0) is 36.4 Å². The smallest absolute Gasteiger partial charge is 0.312 e. The number of rotatable bonds is 7. The summed E-state index contributed by atoms with van der Waals surface area (Å²) in [6.45, 7) is 0. The molecule has 0 N–H and O–H groups in total. The fourth-order valence-corrected chi connectivity index (χ4v) is 3.91. The normalized spacial score (nSPS) is 11.0. The SMILES string of the molecule is COc1ccc(S(=O)(=O)N(C)c2ccccc2Oc2ccccc2)cc1[N+](=O)[O-]. The lowest BCUT2D eigenvalue weighted by Gasteiger charge is -2.22. The fraction of sp³-hybridized carbons (Fsp3) is 0.100. The first-order chi connectivity index (χ1) is 13.8. The molecule has 0 atom stereocenters. The first-order valence-corrected chi connectivity index (χ1v) is 9.92. The molecule has 0 aliphatic carbocycles. The molecule has 0 saturated heterocycles. The van der Waals surface area contributed by atoms with Gasteiger partial charge in [-0.2, -0.15) is 0 Å². The lowest BCUT2D eigenvalue weighted by Crippen LogP contribution is -2.27. The van der Waals surface area contributed by atoms with E-state index in [2.05, 4.69) is 0 Å². The molecule has 150 valence electrons. The van der Waals surface area contributed by atoms with Crippen molar-refractivity contribution in [3.8, 4) is 17.2 Å². The van der Waals surface area contributed by atoms with Crippen LogP contribution in [0.3, 0.4) is 0 Å². The van der Waals surface area contributed by atoms with Gasteiger partial charge in [-0.3, -0.25) is 14.4 Å². The van der Waals surface area contributed by atoms with Crippen molar-refractivity contribution in [2.75, 3.05) is 18.5 Å². The molecule has 9 heteroatoms. The van der Waals surface area contributed by atoms with E-state index in [0.717, 1.165) is 10.4 Å². The molecule has 0 bridgehead atoms. The summed E-state index contributed by atoms with van der Waals surface area (Å²) in [7, 11) is -1.46. The largest absolute Gasteiger partial charge is 0.490 e. The molecule has 0 aliphatic rings. The Morgan fingerprint density at radius 1 is 0.931 bits per heavy atom. The molecule has 0 aliphatic heterocycles. The number of hydrogen-bond donors (Lipinski definition) is 0. The van der Waals surface area contributed by atoms with E-state index >= 15 is 0 Å². The molecule has 0 unspecified atom stereocenters. The summed E-state index contributed by atoms with van der Waals surface area (Å²) in [6.07, 6.45) is 0. The number of nitro groups is 1. The van der Waals surface area contributed by atoms with Crippen LogP contribution in [0, 0.1) is 10.1 Å². The molecule has 0 aromatic heterocycles. The van der Waals surface area contributed by atoms with Gasteiger partial charge in [0.25, 0.3) is 10.0 Å². The minimum Gasteiger partial charge on any atom is -0.490 e. The fourth-order valence-electron chi connectivity index (χ4n) is 2.68. The Morgan fingerprint density at radius 2 is 1.59 bits per heavy atom. The number of hydrogen-bond acceptors (Lipinski definition) is 6. The molecule has 0 saturated carbocycles. The molecule has 29 heavy (non-hydrogen) atoms. The lowest BCUT2D eigenvalue weighted by molar-refractivity contribution is -0.386. The first-order valence-electron chi connectivity index (χ1n) is 8.48. The molecule has 0 spiro atoms. The Balaban J connectivity index is 2.01. The molecule has 3 aromatic rings. The van der Waals surface area contributed by atoms with Gasteiger partial charge in [0, 0.05) is 13.1 Å². The van der Waals surface area contributed by atoms with Crippen LogP contribution in [-0.4, -0.2) is 27.5 Å². The van der Waals surface area contributed by atoms with E-state index in [1.807, 2.05) is 6.07 Å². The molecule has 0 amide bonds. The Morgan fingerprint density at radius 3 is 2.24 bits per heavy atom. The Kier molecular flexibility index (Phi) is 5.69. The van der Waals surface area contributed by atoms with Crippen LogP contribution in [0.5, 0.6) is 17.2 Å². The second kappa shape index (κ2) is 8.19. The first kappa shape index (κ1) is 20.2. The van der Waals surface area contributed by atoms with Crippen molar-refractivity contribution in [2.45, 2.75) is 4.90 Å². The third kappa shape index (κ3) is 4.14. The van der Waals surface area contributed by atoms with Gasteiger partial charge in [0.1, 0.15) is 5.75 Å². The molecule has 8 nitrogen and oxygen atoms in total. The summed E-state index contributed by atoms with van der Waals surface area (Å²) in [5.41, 5.74) is -0.148. The average molecular weight is 414 g/mol. The summed E-state index contributed by atoms with van der Waals surface area (Å²) in [5, 5.41) is 11.3. The van der Waals surface area contributed by atoms with Crippen molar-refractivity contribution < 1.29 is 22.8 Å². The van der Waals surface area contributed by atoms with Crippen LogP contribution >= 0.6 is 0 Å². The Bertz CT molecular complexity index is 1130. The summed E-state index contributed by atoms with van der Waals surface area (Å²) in [4.78, 5) is 10.3. The second-order valence-electron chi connectivity index (χ2n) is 5.95. The maximum Gasteiger partial charge on any atom is 0.312 e. The monoisotopic (exact) mass is 414 g/mol. The average Bonchev–Trinajstić information content (AvgIpc) is 2.73. The van der Waals surface area contributed by atoms with Gasteiger partial charge < -0.3 is 9.47 Å². The molecule has 0 fully saturated rings. The third-order valence-corrected chi connectivity index (χ3v) is 5.95. The van der Waals surface area contributed by atoms with Crippen molar-refractivity contribution in [1.82, 2.24) is 0 Å². The van der Waals surface area contributed by atoms with Gasteiger partial charge in [-0.25, -0.2) is 8.42 Å². The predicted molar refractivity (Wildman–Crippen MR) is 108 cm³/mol. The van der Waals surface area contributed by atoms with E-state index in [1.54, 1.807) is 48.5 Å². The number of benzene rings is 3. The molecule has 3 rings (SSSR count). The summed E-state index contributed by atoms with van der Waals surface area (Å²) in [5.74, 6) is 0.850. The lowest BCUT2D eigenvalue weighted by atomic mass is 10.3. The molecular weight excluding hydrogens is 396 g/mol. The minimum absolute atomic E-state index is 0.0237. The number of methoxy groups -OCH3 is 1. The number of nitro benzene ring substituents is 1. The van der Waals surface area contributed by atoms with E-state index < -0.39 is 20.6 Å². The van der Waals surface area contributed by atoms with Gasteiger partial charge in [-0.1, -0.05) is 30.3 Å². The zero-order valence-electron chi connectivity index (χ0n) is 15.7. The Hall–Kier alpha value is -3.59. The second-order valence-corrected chi connectivity index (χ2v) is 7.92. The molecule has 0 heterocycles. The summed E-state index contributed by atoms with van der Waals surface area (Å²) >= 11 is 0. The maximum atomic E-state index is 13.1. The van der Waals surface area contributed by atoms with Crippen molar-refractivity contribution in [2.24, 2.45) is 0 Å². The van der Waals surface area contributed by atoms with Gasteiger partial charge in [-0.15, -0.1) is 0 Å². The summed E-state index contributed by atoms with van der Waals surface area (Å²) < 4.78 is 38.0. The number of anilines is 1. The highest BCUT2D eigenvalue weighted by Crippen LogP contribution is 2.36. The quantitative estimate of drug-likeness (QED) is 0.424. The zero-order chi connectivity index (χ0) is 21.0. The highest BCUT2D eigenvalue weighted by molar-refractivity contribution is 7.92. The summed E-state index contributed by atoms with van der Waals surface area (Å²) in [6, 6.07) is 19.1. The molecular formula is C20H18N2O6S. The van der Waals surface area contributed by atoms with Crippen LogP contribution in [0.15, 0.2) is 77.7 Å². The van der Waals surface area contributed by atoms with Gasteiger partial charge in [0.2, 0.25) is 0 Å². The van der Waals surface area contributed by atoms with Crippen molar-refractivity contribution >= 4 is 21.4 Å². The van der Waals surface area contributed by atoms with E-state index in [9.17, 15) is 18.5 Å². The van der Waals surface area contributed by atoms with Crippen molar-refractivity contribution in [1.29, 1.82) is 0 Å². The van der Waals surface area contributed by atoms with Crippen molar-refractivity contribution in [3.05, 3.63) is 82.9 Å². The van der Waals surface area contributed by atoms with Gasteiger partial charge in [0.05, 0.1) is 22.6 Å². The highest BCUT2D eigenvalue weighted by Gasteiger charge is 2.27. The molecule has 3 aromatic carbocycles. The van der Waals surface area contributed by atoms with Crippen LogP contribution in [0.4, 0.5) is 11.4 Å². The van der Waals surface area contributed by atoms with Crippen LogP contribution < -0.4 is 13.8 Å². The van der Waals surface area contributed by atoms with E-state index in [4.69, 9.17) is 9.47 Å². The van der Waals surface area contributed by atoms with Crippen LogP contribution in [0.2, 0.25) is 0 Å². The van der Waals surface area contributed by atoms with E-state index in [-0.39, 0.29) is 16.3 Å². The number of para-hydroxylation sites is 3.